The molecule has 0 N–H and O–H groups in total. The van der Waals surface area contributed by atoms with Crippen molar-refractivity contribution >= 4 is 54.4 Å². The SMILES string of the molecule is CC1(C)c2cc(-c3ccc(-n4c5ccccc5c5ccccc54)cc3)ccc2-c2ccc(-c3cccc(-c4cnc5c6ccccc6c6ccccc6c5n4)c3)cc21. The molecule has 12 rings (SSSR count). The van der Waals surface area contributed by atoms with Gasteiger partial charge in [-0.25, -0.2) is 4.98 Å². The van der Waals surface area contributed by atoms with Gasteiger partial charge in [-0.3, -0.25) is 4.98 Å². The average molecular weight is 740 g/mol. The molecule has 0 unspecified atom stereocenters. The summed E-state index contributed by atoms with van der Waals surface area (Å²) < 4.78 is 2.38. The number of hydrogen-bond donors (Lipinski definition) is 0. The molecule has 0 amide bonds. The Morgan fingerprint density at radius 1 is 0.397 bits per heavy atom. The zero-order valence-corrected chi connectivity index (χ0v) is 32.2. The minimum Gasteiger partial charge on any atom is -0.309 e. The van der Waals surface area contributed by atoms with Crippen molar-refractivity contribution in [2.45, 2.75) is 19.3 Å². The minimum absolute atomic E-state index is 0.162. The highest BCUT2D eigenvalue weighted by Crippen LogP contribution is 2.51. The molecule has 0 saturated heterocycles. The molecule has 2 aromatic heterocycles. The zero-order valence-electron chi connectivity index (χ0n) is 32.2. The topological polar surface area (TPSA) is 30.7 Å². The van der Waals surface area contributed by atoms with Gasteiger partial charge in [-0.2, -0.15) is 0 Å². The first-order chi connectivity index (χ1) is 28.5. The summed E-state index contributed by atoms with van der Waals surface area (Å²) in [6, 6.07) is 66.2. The Kier molecular flexibility index (Phi) is 6.98. The maximum absolute atomic E-state index is 5.28. The van der Waals surface area contributed by atoms with Crippen LogP contribution in [0.25, 0.3) is 105 Å². The maximum Gasteiger partial charge on any atom is 0.0979 e. The van der Waals surface area contributed by atoms with Gasteiger partial charge < -0.3 is 4.57 Å². The summed E-state index contributed by atoms with van der Waals surface area (Å²) in [4.78, 5) is 10.3. The summed E-state index contributed by atoms with van der Waals surface area (Å²) in [5, 5.41) is 7.22. The first-order valence-electron chi connectivity index (χ1n) is 20.1. The second-order valence-electron chi connectivity index (χ2n) is 16.2. The Balaban J connectivity index is 0.882. The first-order valence-corrected chi connectivity index (χ1v) is 20.1. The van der Waals surface area contributed by atoms with Crippen molar-refractivity contribution in [3.8, 4) is 50.3 Å². The summed E-state index contributed by atoms with van der Waals surface area (Å²) in [6.07, 6.45) is 1.93. The van der Waals surface area contributed by atoms with Gasteiger partial charge in [-0.1, -0.05) is 153 Å². The number of aromatic nitrogens is 3. The number of nitrogens with zero attached hydrogens (tertiary/aromatic N) is 3. The molecule has 0 aliphatic heterocycles. The number of para-hydroxylation sites is 2. The molecule has 0 fully saturated rings. The Hall–Kier alpha value is -7.36. The van der Waals surface area contributed by atoms with Gasteiger partial charge in [0.15, 0.2) is 0 Å². The highest BCUT2D eigenvalue weighted by atomic mass is 15.0. The van der Waals surface area contributed by atoms with Crippen LogP contribution in [0.2, 0.25) is 0 Å². The third-order valence-corrected chi connectivity index (χ3v) is 12.6. The third kappa shape index (κ3) is 4.80. The van der Waals surface area contributed by atoms with Crippen LogP contribution in [0, 0.1) is 0 Å². The number of fused-ring (bicyclic) bond motifs is 12. The van der Waals surface area contributed by atoms with Gasteiger partial charge in [0.2, 0.25) is 0 Å². The van der Waals surface area contributed by atoms with Crippen molar-refractivity contribution in [3.05, 3.63) is 199 Å². The van der Waals surface area contributed by atoms with E-state index in [-0.39, 0.29) is 5.41 Å². The Bertz CT molecular complexity index is 3390. The molecule has 2 heterocycles. The van der Waals surface area contributed by atoms with E-state index in [0.29, 0.717) is 0 Å². The third-order valence-electron chi connectivity index (χ3n) is 12.6. The molecule has 1 aliphatic carbocycles. The lowest BCUT2D eigenvalue weighted by molar-refractivity contribution is 0.661. The van der Waals surface area contributed by atoms with E-state index in [1.165, 1.54) is 82.8 Å². The van der Waals surface area contributed by atoms with Crippen LogP contribution >= 0.6 is 0 Å². The monoisotopic (exact) mass is 739 g/mol. The molecule has 3 nitrogen and oxygen atoms in total. The van der Waals surface area contributed by atoms with E-state index < -0.39 is 0 Å². The smallest absolute Gasteiger partial charge is 0.0979 e. The Labute approximate surface area is 336 Å². The molecule has 3 heteroatoms. The van der Waals surface area contributed by atoms with Crippen LogP contribution in [0.5, 0.6) is 0 Å². The molecule has 0 radical (unpaired) electrons. The van der Waals surface area contributed by atoms with Crippen molar-refractivity contribution in [1.82, 2.24) is 14.5 Å². The molecular formula is C55H37N3. The van der Waals surface area contributed by atoms with Crippen molar-refractivity contribution in [1.29, 1.82) is 0 Å². The summed E-state index contributed by atoms with van der Waals surface area (Å²) in [5.74, 6) is 0. The van der Waals surface area contributed by atoms with Gasteiger partial charge in [-0.05, 0) is 97.7 Å². The summed E-state index contributed by atoms with van der Waals surface area (Å²) in [7, 11) is 0. The van der Waals surface area contributed by atoms with Crippen LogP contribution < -0.4 is 0 Å². The molecule has 9 aromatic carbocycles. The van der Waals surface area contributed by atoms with E-state index in [1.807, 2.05) is 6.20 Å². The standard InChI is InChI=1S/C55H37N3/c1-55(2)48-31-36(34-22-26-39(27-23-34)58-51-20-9-7-16-44(51)45-17-8-10-21-52(45)58)24-28-42(48)43-29-25-37(32-49(43)55)35-12-11-13-38(30-35)50-33-56-53-46-18-5-3-14-40(46)41-15-4-6-19-47(41)54(53)57-50/h3-33H,1-2H3. The maximum atomic E-state index is 5.28. The van der Waals surface area contributed by atoms with Gasteiger partial charge >= 0.3 is 0 Å². The van der Waals surface area contributed by atoms with E-state index in [4.69, 9.17) is 9.97 Å². The summed E-state index contributed by atoms with van der Waals surface area (Å²) >= 11 is 0. The Morgan fingerprint density at radius 2 is 0.879 bits per heavy atom. The molecular weight excluding hydrogens is 703 g/mol. The van der Waals surface area contributed by atoms with E-state index in [0.717, 1.165) is 33.1 Å². The van der Waals surface area contributed by atoms with Crippen LogP contribution in [0.4, 0.5) is 0 Å². The normalized spacial score (nSPS) is 13.1. The van der Waals surface area contributed by atoms with Crippen LogP contribution in [0.15, 0.2) is 188 Å². The van der Waals surface area contributed by atoms with Gasteiger partial charge in [0.05, 0.1) is 34.0 Å². The highest BCUT2D eigenvalue weighted by Gasteiger charge is 2.36. The summed E-state index contributed by atoms with van der Waals surface area (Å²) in [6.45, 7) is 4.73. The molecule has 272 valence electrons. The lowest BCUT2D eigenvalue weighted by Gasteiger charge is -2.23. The predicted molar refractivity (Wildman–Crippen MR) is 243 cm³/mol. The second-order valence-corrected chi connectivity index (χ2v) is 16.2. The van der Waals surface area contributed by atoms with Gasteiger partial charge in [0, 0.05) is 38.2 Å². The number of benzene rings is 9. The molecule has 0 saturated carbocycles. The predicted octanol–water partition coefficient (Wildman–Crippen LogP) is 14.3. The fraction of sp³-hybridized carbons (Fsp3) is 0.0545. The Morgan fingerprint density at radius 3 is 1.50 bits per heavy atom. The molecule has 0 atom stereocenters. The van der Waals surface area contributed by atoms with Crippen LogP contribution in [-0.2, 0) is 5.41 Å². The van der Waals surface area contributed by atoms with Crippen LogP contribution in [-0.4, -0.2) is 14.5 Å². The quantitative estimate of drug-likeness (QED) is 0.168. The fourth-order valence-corrected chi connectivity index (χ4v) is 9.72. The van der Waals surface area contributed by atoms with Crippen LogP contribution in [0.1, 0.15) is 25.0 Å². The van der Waals surface area contributed by atoms with Crippen LogP contribution in [0.3, 0.4) is 0 Å². The van der Waals surface area contributed by atoms with Crippen molar-refractivity contribution < 1.29 is 0 Å². The lowest BCUT2D eigenvalue weighted by atomic mass is 9.81. The van der Waals surface area contributed by atoms with Crippen molar-refractivity contribution in [2.24, 2.45) is 0 Å². The molecule has 11 aromatic rings. The van der Waals surface area contributed by atoms with E-state index >= 15 is 0 Å². The van der Waals surface area contributed by atoms with E-state index in [9.17, 15) is 0 Å². The van der Waals surface area contributed by atoms with E-state index in [2.05, 4.69) is 200 Å². The second kappa shape index (κ2) is 12.3. The highest BCUT2D eigenvalue weighted by molar-refractivity contribution is 6.23. The van der Waals surface area contributed by atoms with Crippen molar-refractivity contribution in [2.75, 3.05) is 0 Å². The van der Waals surface area contributed by atoms with Gasteiger partial charge in [0.1, 0.15) is 0 Å². The first kappa shape index (κ1) is 32.8. The molecule has 0 bridgehead atoms. The molecule has 1 aliphatic rings. The average Bonchev–Trinajstić information content (AvgIpc) is 3.74. The van der Waals surface area contributed by atoms with Gasteiger partial charge in [-0.15, -0.1) is 0 Å². The molecule has 0 spiro atoms. The summed E-state index contributed by atoms with van der Waals surface area (Å²) in [5.41, 5.74) is 17.4. The molecule has 58 heavy (non-hydrogen) atoms. The largest absolute Gasteiger partial charge is 0.309 e. The number of hydrogen-bond acceptors (Lipinski definition) is 2. The van der Waals surface area contributed by atoms with Gasteiger partial charge in [0.25, 0.3) is 0 Å². The lowest BCUT2D eigenvalue weighted by Crippen LogP contribution is -2.15. The van der Waals surface area contributed by atoms with Crippen molar-refractivity contribution in [3.63, 3.8) is 0 Å². The van der Waals surface area contributed by atoms with E-state index in [1.54, 1.807) is 0 Å². The number of rotatable bonds is 4. The minimum atomic E-state index is -0.162. The zero-order chi connectivity index (χ0) is 38.5. The fourth-order valence-electron chi connectivity index (χ4n) is 9.72.